The largest absolute Gasteiger partial charge is 0.411 e. The molecule has 0 amide bonds. The summed E-state index contributed by atoms with van der Waals surface area (Å²) in [6.45, 7) is 22.6. The molecule has 3 nitrogen and oxygen atoms in total. The lowest BCUT2D eigenvalue weighted by molar-refractivity contribution is 0.0232. The van der Waals surface area contributed by atoms with Crippen LogP contribution in [-0.4, -0.2) is 40.1 Å². The molecule has 0 aromatic carbocycles. The van der Waals surface area contributed by atoms with Crippen molar-refractivity contribution in [1.82, 2.24) is 0 Å². The summed E-state index contributed by atoms with van der Waals surface area (Å²) < 4.78 is 13.2. The van der Waals surface area contributed by atoms with E-state index in [1.807, 2.05) is 12.2 Å². The van der Waals surface area contributed by atoms with Crippen LogP contribution in [0.5, 0.6) is 0 Å². The van der Waals surface area contributed by atoms with Crippen LogP contribution in [0.2, 0.25) is 36.3 Å². The summed E-state index contributed by atoms with van der Waals surface area (Å²) in [4.78, 5) is 0. The zero-order valence-electron chi connectivity index (χ0n) is 16.9. The molecular formula is C18H38O3Si2. The Bertz CT molecular complexity index is 431. The maximum atomic E-state index is 10.1. The predicted octanol–water partition coefficient (Wildman–Crippen LogP) is 5.09. The van der Waals surface area contributed by atoms with Crippen molar-refractivity contribution >= 4 is 16.6 Å². The lowest BCUT2D eigenvalue weighted by atomic mass is 10.00. The van der Waals surface area contributed by atoms with E-state index in [1.165, 1.54) is 0 Å². The summed E-state index contributed by atoms with van der Waals surface area (Å²) in [5, 5.41) is 10.4. The van der Waals surface area contributed by atoms with E-state index < -0.39 is 22.7 Å². The molecular weight excluding hydrogens is 320 g/mol. The van der Waals surface area contributed by atoms with Gasteiger partial charge < -0.3 is 14.0 Å². The fraction of sp³-hybridized carbons (Fsp3) is 0.889. The molecule has 3 atom stereocenters. The Morgan fingerprint density at radius 3 is 1.70 bits per heavy atom. The third kappa shape index (κ3) is 5.26. The minimum atomic E-state index is -1.89. The average Bonchev–Trinajstić information content (AvgIpc) is 2.29. The third-order valence-corrected chi connectivity index (χ3v) is 14.8. The molecule has 136 valence electrons. The number of aliphatic hydroxyl groups is 1. The SMILES string of the molecule is CC(C)(C)[Si](C)(C)O[C@H]1C=C[C@@H](O)C[C@@H]1O[Si](C)(C)C(C)(C)C. The molecule has 0 aromatic rings. The van der Waals surface area contributed by atoms with Gasteiger partial charge in [0.2, 0.25) is 0 Å². The van der Waals surface area contributed by atoms with E-state index >= 15 is 0 Å². The van der Waals surface area contributed by atoms with Gasteiger partial charge in [0.25, 0.3) is 0 Å². The Morgan fingerprint density at radius 1 is 0.826 bits per heavy atom. The summed E-state index contributed by atoms with van der Waals surface area (Å²) in [6, 6.07) is 0. The van der Waals surface area contributed by atoms with Crippen molar-refractivity contribution < 1.29 is 14.0 Å². The molecule has 0 aliphatic heterocycles. The standard InChI is InChI=1S/C18H38O3Si2/c1-17(2,3)22(7,8)20-15-12-11-14(19)13-16(15)21-23(9,10)18(4,5)6/h11-12,14-16,19H,13H2,1-10H3/t14-,15+,16+/m1/s1. The number of hydrogen-bond donors (Lipinski definition) is 1. The van der Waals surface area contributed by atoms with E-state index in [2.05, 4.69) is 67.7 Å². The lowest BCUT2D eigenvalue weighted by Crippen LogP contribution is -2.53. The fourth-order valence-corrected chi connectivity index (χ4v) is 4.72. The first-order valence-electron chi connectivity index (χ1n) is 8.79. The predicted molar refractivity (Wildman–Crippen MR) is 104 cm³/mol. The van der Waals surface area contributed by atoms with Crippen LogP contribution in [-0.2, 0) is 8.85 Å². The molecule has 1 rings (SSSR count). The van der Waals surface area contributed by atoms with Gasteiger partial charge in [0.05, 0.1) is 18.3 Å². The molecule has 5 heteroatoms. The molecule has 0 heterocycles. The summed E-state index contributed by atoms with van der Waals surface area (Å²) >= 11 is 0. The topological polar surface area (TPSA) is 38.7 Å². The molecule has 0 saturated heterocycles. The van der Waals surface area contributed by atoms with Crippen molar-refractivity contribution in [2.24, 2.45) is 0 Å². The second-order valence-electron chi connectivity index (χ2n) is 9.95. The molecule has 0 unspecified atom stereocenters. The van der Waals surface area contributed by atoms with Crippen LogP contribution in [0.15, 0.2) is 12.2 Å². The Hall–Kier alpha value is 0.0538. The normalized spacial score (nSPS) is 27.3. The van der Waals surface area contributed by atoms with E-state index in [0.29, 0.717) is 6.42 Å². The van der Waals surface area contributed by atoms with Crippen LogP contribution in [0.4, 0.5) is 0 Å². The van der Waals surface area contributed by atoms with Gasteiger partial charge in [0.15, 0.2) is 16.6 Å². The van der Waals surface area contributed by atoms with Crippen LogP contribution in [0, 0.1) is 0 Å². The third-order valence-electron chi connectivity index (χ3n) is 5.85. The van der Waals surface area contributed by atoms with Crippen LogP contribution in [0.3, 0.4) is 0 Å². The van der Waals surface area contributed by atoms with Crippen LogP contribution < -0.4 is 0 Å². The highest BCUT2D eigenvalue weighted by molar-refractivity contribution is 6.74. The lowest BCUT2D eigenvalue weighted by Gasteiger charge is -2.45. The van der Waals surface area contributed by atoms with Gasteiger partial charge in [-0.15, -0.1) is 0 Å². The van der Waals surface area contributed by atoms with E-state index in [4.69, 9.17) is 8.85 Å². The van der Waals surface area contributed by atoms with Crippen molar-refractivity contribution in [3.63, 3.8) is 0 Å². The van der Waals surface area contributed by atoms with Gasteiger partial charge in [-0.2, -0.15) is 0 Å². The molecule has 0 radical (unpaired) electrons. The molecule has 1 aliphatic rings. The van der Waals surface area contributed by atoms with Crippen molar-refractivity contribution in [1.29, 1.82) is 0 Å². The van der Waals surface area contributed by atoms with E-state index in [0.717, 1.165) is 0 Å². The Labute approximate surface area is 145 Å². The molecule has 0 aromatic heterocycles. The molecule has 0 saturated carbocycles. The summed E-state index contributed by atoms with van der Waals surface area (Å²) in [5.74, 6) is 0. The monoisotopic (exact) mass is 358 g/mol. The zero-order chi connectivity index (χ0) is 18.3. The van der Waals surface area contributed by atoms with Crippen LogP contribution >= 0.6 is 0 Å². The van der Waals surface area contributed by atoms with Gasteiger partial charge in [-0.05, 0) is 36.3 Å². The molecule has 1 aliphatic carbocycles. The van der Waals surface area contributed by atoms with Gasteiger partial charge in [0, 0.05) is 6.42 Å². The average molecular weight is 359 g/mol. The first-order valence-corrected chi connectivity index (χ1v) is 14.6. The van der Waals surface area contributed by atoms with Crippen molar-refractivity contribution in [2.45, 2.75) is 103 Å². The van der Waals surface area contributed by atoms with Crippen molar-refractivity contribution in [3.05, 3.63) is 12.2 Å². The minimum Gasteiger partial charge on any atom is -0.411 e. The Balaban J connectivity index is 2.98. The number of aliphatic hydroxyl groups excluding tert-OH is 1. The summed E-state index contributed by atoms with van der Waals surface area (Å²) in [5.41, 5.74) is 0. The van der Waals surface area contributed by atoms with Gasteiger partial charge in [0.1, 0.15) is 0 Å². The summed E-state index contributed by atoms with van der Waals surface area (Å²) in [6.07, 6.45) is 3.99. The maximum Gasteiger partial charge on any atom is 0.193 e. The number of hydrogen-bond acceptors (Lipinski definition) is 3. The van der Waals surface area contributed by atoms with Crippen LogP contribution in [0.25, 0.3) is 0 Å². The molecule has 23 heavy (non-hydrogen) atoms. The minimum absolute atomic E-state index is 0.0478. The Morgan fingerprint density at radius 2 is 1.26 bits per heavy atom. The van der Waals surface area contributed by atoms with Gasteiger partial charge in [-0.1, -0.05) is 53.7 Å². The smallest absolute Gasteiger partial charge is 0.193 e. The van der Waals surface area contributed by atoms with Gasteiger partial charge in [-0.3, -0.25) is 0 Å². The highest BCUT2D eigenvalue weighted by atomic mass is 28.4. The zero-order valence-corrected chi connectivity index (χ0v) is 18.9. The number of rotatable bonds is 4. The highest BCUT2D eigenvalue weighted by Crippen LogP contribution is 2.41. The molecule has 0 spiro atoms. The maximum absolute atomic E-state index is 10.1. The fourth-order valence-electron chi connectivity index (χ4n) is 2.11. The van der Waals surface area contributed by atoms with E-state index in [9.17, 15) is 5.11 Å². The highest BCUT2D eigenvalue weighted by Gasteiger charge is 2.45. The quantitative estimate of drug-likeness (QED) is 0.562. The molecule has 1 N–H and O–H groups in total. The second-order valence-corrected chi connectivity index (χ2v) is 19.5. The van der Waals surface area contributed by atoms with Crippen molar-refractivity contribution in [3.8, 4) is 0 Å². The van der Waals surface area contributed by atoms with E-state index in [1.54, 1.807) is 0 Å². The van der Waals surface area contributed by atoms with Crippen molar-refractivity contribution in [2.75, 3.05) is 0 Å². The Kier molecular flexibility index (Phi) is 6.19. The second kappa shape index (κ2) is 6.75. The van der Waals surface area contributed by atoms with Gasteiger partial charge in [-0.25, -0.2) is 0 Å². The molecule has 0 bridgehead atoms. The van der Waals surface area contributed by atoms with E-state index in [-0.39, 0.29) is 22.3 Å². The van der Waals surface area contributed by atoms with Gasteiger partial charge >= 0.3 is 0 Å². The molecule has 0 fully saturated rings. The van der Waals surface area contributed by atoms with Crippen LogP contribution in [0.1, 0.15) is 48.0 Å². The first kappa shape index (κ1) is 21.1. The summed E-state index contributed by atoms with van der Waals surface area (Å²) in [7, 11) is -3.77. The first-order chi connectivity index (χ1) is 10.1.